The molecule has 1 fully saturated rings. The van der Waals surface area contributed by atoms with Crippen molar-refractivity contribution in [2.45, 2.75) is 21.4 Å². The molecule has 2 unspecified atom stereocenters. The first-order chi connectivity index (χ1) is 6.86. The van der Waals surface area contributed by atoms with E-state index in [9.17, 15) is 13.5 Å². The summed E-state index contributed by atoms with van der Waals surface area (Å²) in [5, 5.41) is 1.77. The molecule has 0 spiro atoms. The molecule has 2 atom stereocenters. The number of hydrogen-bond acceptors (Lipinski definition) is 5. The van der Waals surface area contributed by atoms with Gasteiger partial charge in [-0.3, -0.25) is 0 Å². The summed E-state index contributed by atoms with van der Waals surface area (Å²) in [6.07, 6.45) is 3.05. The monoisotopic (exact) mass is 303 g/mol. The Morgan fingerprint density at radius 3 is 2.00 bits per heavy atom. The second-order valence-corrected chi connectivity index (χ2v) is 5.64. The number of nitrogens with zero attached hydrogens (tertiary/aromatic N) is 2. The maximum atomic E-state index is 9.93. The zero-order valence-electron chi connectivity index (χ0n) is 6.97. The van der Waals surface area contributed by atoms with Crippen molar-refractivity contribution in [3.05, 3.63) is 0 Å². The van der Waals surface area contributed by atoms with Crippen LogP contribution in [0.2, 0.25) is 10.6 Å². The fourth-order valence-corrected chi connectivity index (χ4v) is 4.94. The maximum absolute atomic E-state index is 9.93. The van der Waals surface area contributed by atoms with Crippen molar-refractivity contribution >= 4 is 51.9 Å². The first-order valence-electron chi connectivity index (χ1n) is 3.43. The molecule has 0 N–H and O–H groups in total. The Balaban J connectivity index is 0.000000791. The third-order valence-corrected chi connectivity index (χ3v) is 5.67. The van der Waals surface area contributed by atoms with Crippen molar-refractivity contribution in [1.29, 1.82) is 0 Å². The molecule has 0 amide bonds. The van der Waals surface area contributed by atoms with Gasteiger partial charge >= 0.3 is 79.8 Å². The molecular weight excluding hydrogens is 294 g/mol. The number of aliphatic imine (C=N–C) groups is 2. The molecule has 1 aliphatic rings. The van der Waals surface area contributed by atoms with E-state index in [0.717, 1.165) is 10.6 Å². The van der Waals surface area contributed by atoms with E-state index in [2.05, 4.69) is 9.98 Å². The molecule has 1 aliphatic heterocycles. The van der Waals surface area contributed by atoms with Gasteiger partial charge < -0.3 is 0 Å². The van der Waals surface area contributed by atoms with Crippen molar-refractivity contribution in [3.8, 4) is 0 Å². The Bertz CT molecular complexity index is 232. The molecule has 8 heteroatoms. The van der Waals surface area contributed by atoms with Crippen LogP contribution in [0.25, 0.3) is 0 Å². The van der Waals surface area contributed by atoms with E-state index in [-0.39, 0.29) is 10.7 Å². The molecule has 0 aromatic rings. The first-order valence-corrected chi connectivity index (χ1v) is 7.17. The Labute approximate surface area is 96.7 Å². The SMILES string of the molecule is F[SH2+].O=C=NC1C[Se]CC(N=C=O)S1. The molecule has 0 aliphatic carbocycles. The molecule has 1 heterocycles. The van der Waals surface area contributed by atoms with Crippen LogP contribution in [0.15, 0.2) is 9.98 Å². The Morgan fingerprint density at radius 2 is 1.64 bits per heavy atom. The van der Waals surface area contributed by atoms with Gasteiger partial charge in [0.1, 0.15) is 0 Å². The minimum atomic E-state index is -0.0432. The van der Waals surface area contributed by atoms with Gasteiger partial charge in [-0.25, -0.2) is 0 Å². The summed E-state index contributed by atoms with van der Waals surface area (Å²) in [5.74, 6) is 0. The van der Waals surface area contributed by atoms with Gasteiger partial charge in [0.15, 0.2) is 13.0 Å². The molecule has 1 rings (SSSR count). The zero-order chi connectivity index (χ0) is 10.8. The van der Waals surface area contributed by atoms with Crippen LogP contribution in [-0.2, 0) is 22.6 Å². The summed E-state index contributed by atoms with van der Waals surface area (Å²) >= 11 is 3.34. The van der Waals surface area contributed by atoms with Crippen LogP contribution in [0, 0.1) is 0 Å². The van der Waals surface area contributed by atoms with Crippen molar-refractivity contribution < 1.29 is 13.5 Å². The number of carbonyl (C=O) groups excluding carboxylic acids is 2. The van der Waals surface area contributed by atoms with Gasteiger partial charge in [-0.1, -0.05) is 0 Å². The van der Waals surface area contributed by atoms with E-state index in [1.165, 1.54) is 36.9 Å². The van der Waals surface area contributed by atoms with Crippen LogP contribution < -0.4 is 0 Å². The molecule has 0 aromatic heterocycles. The number of isocyanates is 2. The Morgan fingerprint density at radius 1 is 1.21 bits per heavy atom. The van der Waals surface area contributed by atoms with Crippen LogP contribution in [-0.4, -0.2) is 37.9 Å². The van der Waals surface area contributed by atoms with Gasteiger partial charge in [0.25, 0.3) is 0 Å². The molecule has 78 valence electrons. The van der Waals surface area contributed by atoms with Crippen LogP contribution in [0.1, 0.15) is 0 Å². The Kier molecular flexibility index (Phi) is 9.40. The fraction of sp³-hybridized carbons (Fsp3) is 0.667. The average molecular weight is 302 g/mol. The second kappa shape index (κ2) is 9.46. The molecule has 0 bridgehead atoms. The van der Waals surface area contributed by atoms with E-state index in [1.807, 2.05) is 0 Å². The topological polar surface area (TPSA) is 58.9 Å². The molecular formula is C6H8FN2O2S2Se+. The van der Waals surface area contributed by atoms with Gasteiger partial charge in [-0.2, -0.15) is 0 Å². The Hall–Kier alpha value is -0.0905. The van der Waals surface area contributed by atoms with Gasteiger partial charge in [0.05, 0.1) is 0 Å². The summed E-state index contributed by atoms with van der Waals surface area (Å²) in [7, 11) is 0. The predicted molar refractivity (Wildman–Crippen MR) is 58.0 cm³/mol. The minimum absolute atomic E-state index is 0.0432. The summed E-state index contributed by atoms with van der Waals surface area (Å²) in [6, 6.07) is 0. The van der Waals surface area contributed by atoms with Crippen LogP contribution in [0.3, 0.4) is 0 Å². The third kappa shape index (κ3) is 5.60. The molecule has 4 nitrogen and oxygen atoms in total. The van der Waals surface area contributed by atoms with Crippen LogP contribution in [0.5, 0.6) is 0 Å². The molecule has 0 radical (unpaired) electrons. The normalized spacial score (nSPS) is 24.7. The fourth-order valence-electron chi connectivity index (χ4n) is 0.783. The molecule has 1 saturated heterocycles. The quantitative estimate of drug-likeness (QED) is 0.323. The standard InChI is InChI=1S/C6H6N2O2SSe.FHS/c9-3-7-5-1-12-2-6(11-5)8-4-10;1-2/h5-6H,1-2H2;2H/p+1. The van der Waals surface area contributed by atoms with E-state index >= 15 is 0 Å². The summed E-state index contributed by atoms with van der Waals surface area (Å²) in [6.45, 7) is 0. The average Bonchev–Trinajstić information content (AvgIpc) is 2.22. The van der Waals surface area contributed by atoms with Crippen molar-refractivity contribution in [3.63, 3.8) is 0 Å². The third-order valence-electron chi connectivity index (χ3n) is 1.23. The van der Waals surface area contributed by atoms with E-state index in [1.54, 1.807) is 0 Å². The molecule has 0 saturated carbocycles. The van der Waals surface area contributed by atoms with E-state index < -0.39 is 0 Å². The number of halogens is 1. The van der Waals surface area contributed by atoms with Crippen molar-refractivity contribution in [2.75, 3.05) is 0 Å². The van der Waals surface area contributed by atoms with E-state index in [4.69, 9.17) is 0 Å². The predicted octanol–water partition coefficient (Wildman–Crippen LogP) is 0.480. The summed E-state index contributed by atoms with van der Waals surface area (Å²) < 4.78 is 9.31. The van der Waals surface area contributed by atoms with Gasteiger partial charge in [-0.05, 0) is 0 Å². The number of rotatable bonds is 2. The van der Waals surface area contributed by atoms with Crippen molar-refractivity contribution in [1.82, 2.24) is 0 Å². The first kappa shape index (κ1) is 13.9. The van der Waals surface area contributed by atoms with Crippen LogP contribution in [0.4, 0.5) is 3.89 Å². The summed E-state index contributed by atoms with van der Waals surface area (Å²) in [4.78, 5) is 27.1. The van der Waals surface area contributed by atoms with Gasteiger partial charge in [-0.15, -0.1) is 0 Å². The number of thioether (sulfide) groups is 1. The van der Waals surface area contributed by atoms with Gasteiger partial charge in [0.2, 0.25) is 0 Å². The molecule has 0 aromatic carbocycles. The van der Waals surface area contributed by atoms with Crippen molar-refractivity contribution in [2.24, 2.45) is 9.98 Å². The zero-order valence-corrected chi connectivity index (χ0v) is 10.5. The van der Waals surface area contributed by atoms with E-state index in [0.29, 0.717) is 15.0 Å². The summed E-state index contributed by atoms with van der Waals surface area (Å²) in [5.41, 5.74) is 0. The number of hydrogen-bond donors (Lipinski definition) is 0. The van der Waals surface area contributed by atoms with Gasteiger partial charge in [0, 0.05) is 3.89 Å². The molecule has 14 heavy (non-hydrogen) atoms. The van der Waals surface area contributed by atoms with Crippen LogP contribution >= 0.6 is 11.8 Å². The second-order valence-electron chi connectivity index (χ2n) is 2.02.